The lowest BCUT2D eigenvalue weighted by atomic mass is 10.1. The van der Waals surface area contributed by atoms with Gasteiger partial charge in [0.1, 0.15) is 0 Å². The average molecular weight is 109 g/mol. The summed E-state index contributed by atoms with van der Waals surface area (Å²) in [7, 11) is 1.98. The highest BCUT2D eigenvalue weighted by molar-refractivity contribution is 5.13. The van der Waals surface area contributed by atoms with Gasteiger partial charge in [-0.15, -0.1) is 0 Å². The molecule has 1 aliphatic rings. The molecule has 1 heteroatoms. The zero-order valence-corrected chi connectivity index (χ0v) is 5.09. The van der Waals surface area contributed by atoms with Crippen molar-refractivity contribution in [2.45, 2.75) is 12.5 Å². The third-order valence-corrected chi connectivity index (χ3v) is 1.35. The topological polar surface area (TPSA) is 12.0 Å². The van der Waals surface area contributed by atoms with Gasteiger partial charge in [0.15, 0.2) is 0 Å². The fraction of sp³-hybridized carbons (Fsp3) is 0.429. The van der Waals surface area contributed by atoms with E-state index in [0.29, 0.717) is 6.04 Å². The lowest BCUT2D eigenvalue weighted by molar-refractivity contribution is 0.672. The van der Waals surface area contributed by atoms with E-state index in [-0.39, 0.29) is 0 Å². The molecule has 0 aromatic carbocycles. The van der Waals surface area contributed by atoms with Crippen molar-refractivity contribution in [2.24, 2.45) is 0 Å². The molecule has 1 atom stereocenters. The monoisotopic (exact) mass is 109 g/mol. The summed E-state index contributed by atoms with van der Waals surface area (Å²) < 4.78 is 0. The van der Waals surface area contributed by atoms with Crippen LogP contribution in [0.3, 0.4) is 0 Å². The van der Waals surface area contributed by atoms with Crippen molar-refractivity contribution >= 4 is 0 Å². The van der Waals surface area contributed by atoms with E-state index in [1.807, 2.05) is 7.05 Å². The van der Waals surface area contributed by atoms with Crippen molar-refractivity contribution in [1.82, 2.24) is 5.32 Å². The molecule has 1 aliphatic carbocycles. The molecule has 0 radical (unpaired) electrons. The number of allylic oxidation sites excluding steroid dienone is 2. The van der Waals surface area contributed by atoms with Crippen LogP contribution in [0.4, 0.5) is 0 Å². The highest BCUT2D eigenvalue weighted by Crippen LogP contribution is 2.00. The molecule has 0 spiro atoms. The van der Waals surface area contributed by atoms with Crippen LogP contribution in [0, 0.1) is 0 Å². The maximum atomic E-state index is 3.17. The summed E-state index contributed by atoms with van der Waals surface area (Å²) in [6, 6.07) is 0.569. The van der Waals surface area contributed by atoms with Gasteiger partial charge >= 0.3 is 0 Å². The van der Waals surface area contributed by atoms with Crippen LogP contribution in [-0.4, -0.2) is 13.1 Å². The van der Waals surface area contributed by atoms with Gasteiger partial charge < -0.3 is 5.32 Å². The molecule has 0 saturated heterocycles. The van der Waals surface area contributed by atoms with Gasteiger partial charge in [0.25, 0.3) is 0 Å². The predicted molar refractivity (Wildman–Crippen MR) is 35.7 cm³/mol. The summed E-state index contributed by atoms with van der Waals surface area (Å²) in [6.07, 6.45) is 9.62. The fourth-order valence-corrected chi connectivity index (χ4v) is 0.795. The molecule has 0 fully saturated rings. The van der Waals surface area contributed by atoms with E-state index in [9.17, 15) is 0 Å². The molecule has 0 aliphatic heterocycles. The highest BCUT2D eigenvalue weighted by Gasteiger charge is 1.97. The predicted octanol–water partition coefficient (Wildman–Crippen LogP) is 1.09. The fourth-order valence-electron chi connectivity index (χ4n) is 0.795. The Morgan fingerprint density at radius 1 is 1.50 bits per heavy atom. The maximum Gasteiger partial charge on any atom is 0.0284 e. The molecule has 0 saturated carbocycles. The van der Waals surface area contributed by atoms with Crippen LogP contribution in [-0.2, 0) is 0 Å². The van der Waals surface area contributed by atoms with Crippen LogP contribution < -0.4 is 5.32 Å². The molecule has 0 aromatic rings. The summed E-state index contributed by atoms with van der Waals surface area (Å²) >= 11 is 0. The van der Waals surface area contributed by atoms with Gasteiger partial charge in [-0.1, -0.05) is 24.3 Å². The Hall–Kier alpha value is -0.560. The Kier molecular flexibility index (Phi) is 1.86. The lowest BCUT2D eigenvalue weighted by Crippen LogP contribution is -2.22. The van der Waals surface area contributed by atoms with Gasteiger partial charge in [-0.3, -0.25) is 0 Å². The molecule has 0 unspecified atom stereocenters. The van der Waals surface area contributed by atoms with E-state index in [4.69, 9.17) is 0 Å². The van der Waals surface area contributed by atoms with E-state index >= 15 is 0 Å². The van der Waals surface area contributed by atoms with Gasteiger partial charge in [-0.05, 0) is 13.5 Å². The van der Waals surface area contributed by atoms with Crippen LogP contribution in [0.15, 0.2) is 24.3 Å². The summed E-state index contributed by atoms with van der Waals surface area (Å²) in [5.74, 6) is 0. The Morgan fingerprint density at radius 3 is 2.75 bits per heavy atom. The van der Waals surface area contributed by atoms with Crippen LogP contribution >= 0.6 is 0 Å². The minimum atomic E-state index is 0.569. The molecule has 0 heterocycles. The molecule has 1 nitrogen and oxygen atoms in total. The second-order valence-corrected chi connectivity index (χ2v) is 1.94. The lowest BCUT2D eigenvalue weighted by Gasteiger charge is -2.09. The second-order valence-electron chi connectivity index (χ2n) is 1.94. The first kappa shape index (κ1) is 5.57. The molecule has 0 amide bonds. The van der Waals surface area contributed by atoms with Crippen molar-refractivity contribution in [2.75, 3.05) is 7.05 Å². The molecule has 1 rings (SSSR count). The summed E-state index contributed by atoms with van der Waals surface area (Å²) in [5.41, 5.74) is 0. The van der Waals surface area contributed by atoms with E-state index in [2.05, 4.69) is 29.6 Å². The molecule has 44 valence electrons. The third-order valence-electron chi connectivity index (χ3n) is 1.35. The van der Waals surface area contributed by atoms with Crippen LogP contribution in [0.1, 0.15) is 6.42 Å². The van der Waals surface area contributed by atoms with E-state index in [1.165, 1.54) is 0 Å². The van der Waals surface area contributed by atoms with Crippen molar-refractivity contribution in [3.63, 3.8) is 0 Å². The Bertz CT molecular complexity index is 114. The first-order valence-electron chi connectivity index (χ1n) is 2.94. The van der Waals surface area contributed by atoms with Crippen LogP contribution in [0.5, 0.6) is 0 Å². The van der Waals surface area contributed by atoms with Gasteiger partial charge in [-0.25, -0.2) is 0 Å². The van der Waals surface area contributed by atoms with Gasteiger partial charge in [-0.2, -0.15) is 0 Å². The van der Waals surface area contributed by atoms with Crippen LogP contribution in [0.25, 0.3) is 0 Å². The number of nitrogens with one attached hydrogen (secondary N) is 1. The number of likely N-dealkylation sites (N-methyl/N-ethyl adjacent to an activating group) is 1. The van der Waals surface area contributed by atoms with Crippen molar-refractivity contribution < 1.29 is 0 Å². The molecule has 8 heavy (non-hydrogen) atoms. The summed E-state index contributed by atoms with van der Waals surface area (Å²) in [6.45, 7) is 0. The average Bonchev–Trinajstić information content (AvgIpc) is 1.90. The van der Waals surface area contributed by atoms with Crippen molar-refractivity contribution in [3.8, 4) is 0 Å². The van der Waals surface area contributed by atoms with E-state index < -0.39 is 0 Å². The number of hydrogen-bond acceptors (Lipinski definition) is 1. The normalized spacial score (nSPS) is 26.4. The molecule has 0 aromatic heterocycles. The summed E-state index contributed by atoms with van der Waals surface area (Å²) in [4.78, 5) is 0. The van der Waals surface area contributed by atoms with E-state index in [0.717, 1.165) is 6.42 Å². The zero-order valence-electron chi connectivity index (χ0n) is 5.09. The number of hydrogen-bond donors (Lipinski definition) is 1. The van der Waals surface area contributed by atoms with E-state index in [1.54, 1.807) is 0 Å². The minimum Gasteiger partial charge on any atom is -0.313 e. The number of rotatable bonds is 1. The standard InChI is InChI=1S/C7H11N/c1-8-7-5-3-2-4-6-7/h2-5,7-8H,6H2,1H3/t7-/m0/s1. The molecular weight excluding hydrogens is 98.1 g/mol. The Labute approximate surface area is 50.1 Å². The Balaban J connectivity index is 2.40. The third kappa shape index (κ3) is 1.20. The first-order chi connectivity index (χ1) is 3.93. The van der Waals surface area contributed by atoms with Gasteiger partial charge in [0.2, 0.25) is 0 Å². The molecular formula is C7H11N. The van der Waals surface area contributed by atoms with Gasteiger partial charge in [0.05, 0.1) is 0 Å². The zero-order chi connectivity index (χ0) is 5.82. The van der Waals surface area contributed by atoms with Crippen LogP contribution in [0.2, 0.25) is 0 Å². The van der Waals surface area contributed by atoms with Crippen molar-refractivity contribution in [3.05, 3.63) is 24.3 Å². The largest absolute Gasteiger partial charge is 0.313 e. The highest BCUT2D eigenvalue weighted by atomic mass is 14.9. The SMILES string of the molecule is CN[C@H]1C=CC=CC1. The molecule has 0 bridgehead atoms. The maximum absolute atomic E-state index is 3.17. The summed E-state index contributed by atoms with van der Waals surface area (Å²) in [5, 5.41) is 3.17. The second kappa shape index (κ2) is 2.68. The molecule has 1 N–H and O–H groups in total. The van der Waals surface area contributed by atoms with Crippen molar-refractivity contribution in [1.29, 1.82) is 0 Å². The quantitative estimate of drug-likeness (QED) is 0.531. The first-order valence-corrected chi connectivity index (χ1v) is 2.94. The Morgan fingerprint density at radius 2 is 2.38 bits per heavy atom. The smallest absolute Gasteiger partial charge is 0.0284 e. The minimum absolute atomic E-state index is 0.569. The van der Waals surface area contributed by atoms with Gasteiger partial charge in [0, 0.05) is 6.04 Å².